The van der Waals surface area contributed by atoms with E-state index in [1.807, 2.05) is 38.1 Å². The van der Waals surface area contributed by atoms with Crippen molar-refractivity contribution in [1.29, 1.82) is 0 Å². The number of nitrogens with one attached hydrogen (secondary N) is 1. The van der Waals surface area contributed by atoms with Crippen LogP contribution in [0.15, 0.2) is 60.7 Å². The molecule has 3 aromatic carbocycles. The molecule has 0 saturated carbocycles. The van der Waals surface area contributed by atoms with Gasteiger partial charge in [-0.2, -0.15) is 0 Å². The average Bonchev–Trinajstić information content (AvgIpc) is 2.93. The molecule has 7 nitrogen and oxygen atoms in total. The second kappa shape index (κ2) is 12.7. The monoisotopic (exact) mass is 565 g/mol. The number of carbonyl (C=O) groups excluding carboxylic acids is 2. The molecular weight excluding hydrogens is 526 g/mol. The Morgan fingerprint density at radius 2 is 1.50 bits per heavy atom. The Morgan fingerprint density at radius 1 is 0.875 bits per heavy atom. The van der Waals surface area contributed by atoms with E-state index in [1.165, 1.54) is 7.11 Å². The lowest BCUT2D eigenvalue weighted by molar-refractivity contribution is 0.0673. The highest BCUT2D eigenvalue weighted by atomic mass is 35.5. The molecule has 0 heterocycles. The van der Waals surface area contributed by atoms with Gasteiger partial charge in [-0.25, -0.2) is 0 Å². The van der Waals surface area contributed by atoms with Gasteiger partial charge < -0.3 is 25.4 Å². The maximum absolute atomic E-state index is 13.7. The minimum absolute atomic E-state index is 0.00118. The number of ether oxygens (including phenoxy) is 2. The molecule has 0 bridgehead atoms. The van der Waals surface area contributed by atoms with Gasteiger partial charge >= 0.3 is 0 Å². The first kappa shape index (κ1) is 31.0. The summed E-state index contributed by atoms with van der Waals surface area (Å²) in [7, 11) is 3.07. The summed E-state index contributed by atoms with van der Waals surface area (Å²) in [4.78, 5) is 28.4. The Hall–Kier alpha value is -3.55. The number of anilines is 1. The lowest BCUT2D eigenvalue weighted by atomic mass is 9.87. The van der Waals surface area contributed by atoms with E-state index in [4.69, 9.17) is 26.8 Å². The van der Waals surface area contributed by atoms with Crippen LogP contribution in [0.2, 0.25) is 5.02 Å². The Kier molecular flexibility index (Phi) is 9.87. The Morgan fingerprint density at radius 3 is 2.08 bits per heavy atom. The van der Waals surface area contributed by atoms with E-state index in [9.17, 15) is 9.59 Å². The number of hydrogen-bond donors (Lipinski definition) is 2. The molecule has 0 aromatic heterocycles. The quantitative estimate of drug-likeness (QED) is 0.291. The van der Waals surface area contributed by atoms with Crippen LogP contribution in [0.5, 0.6) is 11.5 Å². The number of halogens is 1. The molecule has 2 amide bonds. The van der Waals surface area contributed by atoms with Gasteiger partial charge in [0.15, 0.2) is 11.5 Å². The van der Waals surface area contributed by atoms with Gasteiger partial charge in [0.25, 0.3) is 11.8 Å². The highest BCUT2D eigenvalue weighted by molar-refractivity contribution is 6.31. The lowest BCUT2D eigenvalue weighted by Gasteiger charge is -2.32. The maximum atomic E-state index is 13.7. The van der Waals surface area contributed by atoms with Crippen molar-refractivity contribution in [2.45, 2.75) is 46.6 Å². The second-order valence-electron chi connectivity index (χ2n) is 11.7. The number of rotatable bonds is 10. The number of amides is 2. The molecule has 0 aliphatic rings. The summed E-state index contributed by atoms with van der Waals surface area (Å²) in [5, 5.41) is 3.44. The molecule has 0 saturated heterocycles. The Labute approximate surface area is 242 Å². The highest BCUT2D eigenvalue weighted by Gasteiger charge is 2.26. The summed E-state index contributed by atoms with van der Waals surface area (Å²) >= 11 is 6.59. The summed E-state index contributed by atoms with van der Waals surface area (Å²) in [5.41, 5.74) is 9.11. The molecule has 0 unspecified atom stereocenters. The number of nitrogens with zero attached hydrogens (tertiary/aromatic N) is 1. The number of hydrogen-bond acceptors (Lipinski definition) is 5. The predicted molar refractivity (Wildman–Crippen MR) is 162 cm³/mol. The van der Waals surface area contributed by atoms with Crippen LogP contribution in [0.25, 0.3) is 0 Å². The first-order valence-corrected chi connectivity index (χ1v) is 13.6. The van der Waals surface area contributed by atoms with Crippen LogP contribution in [-0.2, 0) is 12.0 Å². The van der Waals surface area contributed by atoms with E-state index in [0.29, 0.717) is 52.0 Å². The van der Waals surface area contributed by atoms with Crippen LogP contribution in [0.1, 0.15) is 66.5 Å². The molecule has 40 heavy (non-hydrogen) atoms. The van der Waals surface area contributed by atoms with Crippen molar-refractivity contribution in [2.75, 3.05) is 32.6 Å². The fraction of sp³-hybridized carbons (Fsp3) is 0.375. The minimum atomic E-state index is -0.344. The third-order valence-electron chi connectivity index (χ3n) is 6.77. The molecule has 0 aliphatic carbocycles. The van der Waals surface area contributed by atoms with E-state index in [2.05, 4.69) is 26.1 Å². The Balaban J connectivity index is 1.88. The average molecular weight is 566 g/mol. The molecule has 0 spiro atoms. The first-order valence-electron chi connectivity index (χ1n) is 13.2. The molecule has 3 aromatic rings. The van der Waals surface area contributed by atoms with Gasteiger partial charge in [0, 0.05) is 34.9 Å². The fourth-order valence-electron chi connectivity index (χ4n) is 4.24. The van der Waals surface area contributed by atoms with Crippen molar-refractivity contribution in [2.24, 2.45) is 11.1 Å². The fourth-order valence-corrected chi connectivity index (χ4v) is 4.41. The van der Waals surface area contributed by atoms with Crippen molar-refractivity contribution in [3.05, 3.63) is 87.9 Å². The van der Waals surface area contributed by atoms with Gasteiger partial charge in [-0.3, -0.25) is 9.59 Å². The molecule has 3 N–H and O–H groups in total. The summed E-state index contributed by atoms with van der Waals surface area (Å²) < 4.78 is 10.7. The van der Waals surface area contributed by atoms with Gasteiger partial charge in [0.1, 0.15) is 0 Å². The van der Waals surface area contributed by atoms with Gasteiger partial charge in [0.05, 0.1) is 14.2 Å². The second-order valence-corrected chi connectivity index (χ2v) is 12.1. The van der Waals surface area contributed by atoms with Crippen molar-refractivity contribution >= 4 is 29.1 Å². The van der Waals surface area contributed by atoms with Gasteiger partial charge in [-0.1, -0.05) is 58.4 Å². The zero-order chi connectivity index (χ0) is 29.7. The van der Waals surface area contributed by atoms with Crippen LogP contribution in [-0.4, -0.2) is 44.0 Å². The predicted octanol–water partition coefficient (Wildman–Crippen LogP) is 6.53. The zero-order valence-electron chi connectivity index (χ0n) is 24.4. The molecule has 0 atom stereocenters. The molecule has 0 radical (unpaired) electrons. The SMILES string of the molecule is COc1ccc(C(=O)N(Cc2cc(NC(=O)c3ccc(C(C)(C)C)cc3)ccc2Cl)CC(C)(C)CN)cc1OC. The van der Waals surface area contributed by atoms with Crippen molar-refractivity contribution in [1.82, 2.24) is 4.90 Å². The molecular formula is C32H40ClN3O4. The highest BCUT2D eigenvalue weighted by Crippen LogP contribution is 2.30. The third kappa shape index (κ3) is 7.77. The largest absolute Gasteiger partial charge is 0.493 e. The summed E-state index contributed by atoms with van der Waals surface area (Å²) in [6, 6.07) is 17.9. The van der Waals surface area contributed by atoms with Crippen molar-refractivity contribution in [3.63, 3.8) is 0 Å². The van der Waals surface area contributed by atoms with E-state index >= 15 is 0 Å². The van der Waals surface area contributed by atoms with Crippen LogP contribution >= 0.6 is 11.6 Å². The van der Waals surface area contributed by atoms with E-state index in [1.54, 1.807) is 48.4 Å². The summed E-state index contributed by atoms with van der Waals surface area (Å²) in [6.45, 7) is 11.4. The van der Waals surface area contributed by atoms with Crippen molar-refractivity contribution < 1.29 is 19.1 Å². The number of benzene rings is 3. The molecule has 8 heteroatoms. The van der Waals surface area contributed by atoms with Gasteiger partial charge in [0.2, 0.25) is 0 Å². The van der Waals surface area contributed by atoms with E-state index < -0.39 is 0 Å². The van der Waals surface area contributed by atoms with Crippen LogP contribution < -0.4 is 20.5 Å². The number of nitrogens with two attached hydrogens (primary N) is 1. The Bertz CT molecular complexity index is 1350. The standard InChI is InChI=1S/C32H40ClN3O4/c1-31(2,3)24-11-8-21(9-12-24)29(37)35-25-13-14-26(33)23(16-25)18-36(20-32(4,5)19-34)30(38)22-10-15-27(39-6)28(17-22)40-7/h8-17H,18-20,34H2,1-7H3,(H,35,37). The third-order valence-corrected chi connectivity index (χ3v) is 7.14. The summed E-state index contributed by atoms with van der Waals surface area (Å²) in [6.07, 6.45) is 0. The lowest BCUT2D eigenvalue weighted by Crippen LogP contribution is -2.41. The molecule has 0 fully saturated rings. The van der Waals surface area contributed by atoms with Gasteiger partial charge in [-0.05, 0) is 77.0 Å². The van der Waals surface area contributed by atoms with Crippen LogP contribution in [0.3, 0.4) is 0 Å². The van der Waals surface area contributed by atoms with Crippen molar-refractivity contribution in [3.8, 4) is 11.5 Å². The first-order chi connectivity index (χ1) is 18.8. The summed E-state index contributed by atoms with van der Waals surface area (Å²) in [5.74, 6) is 0.570. The smallest absolute Gasteiger partial charge is 0.255 e. The normalized spacial score (nSPS) is 11.6. The molecule has 3 rings (SSSR count). The maximum Gasteiger partial charge on any atom is 0.255 e. The van der Waals surface area contributed by atoms with E-state index in [-0.39, 0.29) is 29.2 Å². The molecule has 0 aliphatic heterocycles. The minimum Gasteiger partial charge on any atom is -0.493 e. The van der Waals surface area contributed by atoms with Crippen LogP contribution in [0.4, 0.5) is 5.69 Å². The van der Waals surface area contributed by atoms with E-state index in [0.717, 1.165) is 5.56 Å². The molecule has 214 valence electrons. The van der Waals surface area contributed by atoms with Gasteiger partial charge in [-0.15, -0.1) is 0 Å². The zero-order valence-corrected chi connectivity index (χ0v) is 25.2. The van der Waals surface area contributed by atoms with Crippen LogP contribution in [0, 0.1) is 5.41 Å². The number of carbonyl (C=O) groups is 2. The number of methoxy groups -OCH3 is 2. The topological polar surface area (TPSA) is 93.9 Å².